The molecule has 0 bridgehead atoms. The maximum absolute atomic E-state index is 4.73. The molecule has 4 rings (SSSR count). The molecule has 26 heavy (non-hydrogen) atoms. The highest BCUT2D eigenvalue weighted by molar-refractivity contribution is 5.53. The number of hydrogen-bond acceptors (Lipinski definition) is 4. The summed E-state index contributed by atoms with van der Waals surface area (Å²) in [6.07, 6.45) is 8.46. The van der Waals surface area contributed by atoms with Gasteiger partial charge in [0.15, 0.2) is 5.82 Å². The summed E-state index contributed by atoms with van der Waals surface area (Å²) in [5, 5.41) is 0. The summed E-state index contributed by atoms with van der Waals surface area (Å²) in [4.78, 5) is 16.3. The number of imidazole rings is 1. The van der Waals surface area contributed by atoms with Crippen LogP contribution in [0, 0.1) is 6.92 Å². The number of aromatic nitrogens is 4. The fourth-order valence-electron chi connectivity index (χ4n) is 3.85. The topological polar surface area (TPSA) is 46.8 Å². The molecule has 1 aliphatic heterocycles. The highest BCUT2D eigenvalue weighted by atomic mass is 15.1. The van der Waals surface area contributed by atoms with Gasteiger partial charge in [0.1, 0.15) is 5.82 Å². The molecule has 1 fully saturated rings. The Bertz CT molecular complexity index is 854. The molecule has 5 nitrogen and oxygen atoms in total. The van der Waals surface area contributed by atoms with Crippen molar-refractivity contribution >= 4 is 0 Å². The first-order valence-corrected chi connectivity index (χ1v) is 9.27. The fourth-order valence-corrected chi connectivity index (χ4v) is 3.85. The minimum absolute atomic E-state index is 0.506. The molecular weight excluding hydrogens is 322 g/mol. The van der Waals surface area contributed by atoms with E-state index in [9.17, 15) is 0 Å². The summed E-state index contributed by atoms with van der Waals surface area (Å²) in [5.74, 6) is 2.50. The third-order valence-corrected chi connectivity index (χ3v) is 5.05. The van der Waals surface area contributed by atoms with Gasteiger partial charge in [-0.25, -0.2) is 15.0 Å². The molecule has 1 aromatic carbocycles. The lowest BCUT2D eigenvalue weighted by Gasteiger charge is -2.32. The SMILES string of the molecule is Cc1cn(C)c(C2CCCN(Cc3cnc(-c4ccccc4)nc3)C2)n1. The first-order chi connectivity index (χ1) is 12.7. The van der Waals surface area contributed by atoms with Crippen LogP contribution in [0.25, 0.3) is 11.4 Å². The zero-order valence-corrected chi connectivity index (χ0v) is 15.5. The third kappa shape index (κ3) is 3.68. The van der Waals surface area contributed by atoms with Gasteiger partial charge in [-0.15, -0.1) is 0 Å². The van der Waals surface area contributed by atoms with Crippen LogP contribution in [0.1, 0.15) is 35.8 Å². The third-order valence-electron chi connectivity index (χ3n) is 5.05. The van der Waals surface area contributed by atoms with Crippen LogP contribution in [-0.2, 0) is 13.6 Å². The molecule has 3 aromatic rings. The van der Waals surface area contributed by atoms with E-state index in [4.69, 9.17) is 4.98 Å². The second-order valence-electron chi connectivity index (χ2n) is 7.21. The zero-order valence-electron chi connectivity index (χ0n) is 15.5. The van der Waals surface area contributed by atoms with Crippen LogP contribution in [-0.4, -0.2) is 37.5 Å². The Hall–Kier alpha value is -2.53. The second kappa shape index (κ2) is 7.38. The van der Waals surface area contributed by atoms with Crippen LogP contribution in [0.2, 0.25) is 0 Å². The van der Waals surface area contributed by atoms with Gasteiger partial charge < -0.3 is 4.57 Å². The van der Waals surface area contributed by atoms with Crippen molar-refractivity contribution in [2.45, 2.75) is 32.2 Å². The summed E-state index contributed by atoms with van der Waals surface area (Å²) in [5.41, 5.74) is 3.33. The van der Waals surface area contributed by atoms with Crippen LogP contribution in [0.5, 0.6) is 0 Å². The molecular formula is C21H25N5. The van der Waals surface area contributed by atoms with Crippen molar-refractivity contribution in [2.75, 3.05) is 13.1 Å². The molecule has 1 atom stereocenters. The number of hydrogen-bond donors (Lipinski definition) is 0. The van der Waals surface area contributed by atoms with E-state index >= 15 is 0 Å². The standard InChI is InChI=1S/C21H25N5/c1-16-13-25(2)21(24-16)19-9-6-10-26(15-19)14-17-11-22-20(23-12-17)18-7-4-3-5-8-18/h3-5,7-8,11-13,19H,6,9-10,14-15H2,1-2H3. The number of benzene rings is 1. The Labute approximate surface area is 154 Å². The van der Waals surface area contributed by atoms with E-state index in [-0.39, 0.29) is 0 Å². The molecule has 0 aliphatic carbocycles. The van der Waals surface area contributed by atoms with E-state index in [1.165, 1.54) is 24.2 Å². The number of piperidine rings is 1. The first kappa shape index (κ1) is 16.9. The summed E-state index contributed by atoms with van der Waals surface area (Å²) in [7, 11) is 2.10. The van der Waals surface area contributed by atoms with Crippen molar-refractivity contribution in [2.24, 2.45) is 7.05 Å². The molecule has 3 heterocycles. The van der Waals surface area contributed by atoms with Gasteiger partial charge in [0.05, 0.1) is 5.69 Å². The van der Waals surface area contributed by atoms with Gasteiger partial charge in [0, 0.05) is 55.8 Å². The van der Waals surface area contributed by atoms with Crippen LogP contribution in [0.15, 0.2) is 48.9 Å². The Kier molecular flexibility index (Phi) is 4.80. The second-order valence-corrected chi connectivity index (χ2v) is 7.21. The quantitative estimate of drug-likeness (QED) is 0.724. The molecule has 0 N–H and O–H groups in total. The molecule has 0 saturated carbocycles. The van der Waals surface area contributed by atoms with E-state index in [1.54, 1.807) is 0 Å². The Morgan fingerprint density at radius 2 is 1.88 bits per heavy atom. The minimum Gasteiger partial charge on any atom is -0.337 e. The molecule has 2 aromatic heterocycles. The van der Waals surface area contributed by atoms with Gasteiger partial charge in [-0.3, -0.25) is 4.90 Å². The largest absolute Gasteiger partial charge is 0.337 e. The highest BCUT2D eigenvalue weighted by Gasteiger charge is 2.24. The van der Waals surface area contributed by atoms with Gasteiger partial charge in [0.25, 0.3) is 0 Å². The van der Waals surface area contributed by atoms with Crippen molar-refractivity contribution in [1.82, 2.24) is 24.4 Å². The van der Waals surface area contributed by atoms with Crippen LogP contribution >= 0.6 is 0 Å². The van der Waals surface area contributed by atoms with E-state index in [0.717, 1.165) is 36.7 Å². The van der Waals surface area contributed by atoms with Gasteiger partial charge in [0.2, 0.25) is 0 Å². The monoisotopic (exact) mass is 347 g/mol. The Balaban J connectivity index is 1.43. The zero-order chi connectivity index (χ0) is 17.9. The molecule has 1 saturated heterocycles. The predicted octanol–water partition coefficient (Wildman–Crippen LogP) is 3.57. The number of likely N-dealkylation sites (tertiary alicyclic amines) is 1. The summed E-state index contributed by atoms with van der Waals surface area (Å²) >= 11 is 0. The number of aryl methyl sites for hydroxylation is 2. The van der Waals surface area contributed by atoms with E-state index in [2.05, 4.69) is 39.6 Å². The van der Waals surface area contributed by atoms with Crippen molar-refractivity contribution in [3.8, 4) is 11.4 Å². The molecule has 0 radical (unpaired) electrons. The lowest BCUT2D eigenvalue weighted by Crippen LogP contribution is -2.34. The fraction of sp³-hybridized carbons (Fsp3) is 0.381. The maximum Gasteiger partial charge on any atom is 0.159 e. The molecule has 134 valence electrons. The van der Waals surface area contributed by atoms with Gasteiger partial charge in [-0.2, -0.15) is 0 Å². The van der Waals surface area contributed by atoms with E-state index < -0.39 is 0 Å². The lowest BCUT2D eigenvalue weighted by atomic mass is 9.97. The van der Waals surface area contributed by atoms with Crippen molar-refractivity contribution < 1.29 is 0 Å². The summed E-state index contributed by atoms with van der Waals surface area (Å²) < 4.78 is 2.18. The Morgan fingerprint density at radius 1 is 1.12 bits per heavy atom. The van der Waals surface area contributed by atoms with Crippen molar-refractivity contribution in [3.05, 3.63) is 66.0 Å². The summed E-state index contributed by atoms with van der Waals surface area (Å²) in [6, 6.07) is 10.1. The van der Waals surface area contributed by atoms with Crippen LogP contribution in [0.3, 0.4) is 0 Å². The molecule has 1 aliphatic rings. The lowest BCUT2D eigenvalue weighted by molar-refractivity contribution is 0.195. The summed E-state index contributed by atoms with van der Waals surface area (Å²) in [6.45, 7) is 5.13. The van der Waals surface area contributed by atoms with E-state index in [1.807, 2.05) is 42.7 Å². The van der Waals surface area contributed by atoms with E-state index in [0.29, 0.717) is 5.92 Å². The van der Waals surface area contributed by atoms with Gasteiger partial charge >= 0.3 is 0 Å². The average Bonchev–Trinajstić information content (AvgIpc) is 3.01. The number of nitrogens with zero attached hydrogens (tertiary/aromatic N) is 5. The maximum atomic E-state index is 4.73. The minimum atomic E-state index is 0.506. The normalized spacial score (nSPS) is 18.2. The predicted molar refractivity (Wildman–Crippen MR) is 103 cm³/mol. The molecule has 1 unspecified atom stereocenters. The first-order valence-electron chi connectivity index (χ1n) is 9.27. The van der Waals surface area contributed by atoms with Gasteiger partial charge in [-0.1, -0.05) is 30.3 Å². The number of rotatable bonds is 4. The van der Waals surface area contributed by atoms with Crippen molar-refractivity contribution in [3.63, 3.8) is 0 Å². The van der Waals surface area contributed by atoms with Crippen molar-refractivity contribution in [1.29, 1.82) is 0 Å². The van der Waals surface area contributed by atoms with Crippen LogP contribution < -0.4 is 0 Å². The van der Waals surface area contributed by atoms with Gasteiger partial charge in [-0.05, 0) is 26.3 Å². The Morgan fingerprint density at radius 3 is 2.58 bits per heavy atom. The molecule has 0 spiro atoms. The molecule has 5 heteroatoms. The smallest absolute Gasteiger partial charge is 0.159 e. The molecule has 0 amide bonds. The highest BCUT2D eigenvalue weighted by Crippen LogP contribution is 2.27. The van der Waals surface area contributed by atoms with Crippen LogP contribution in [0.4, 0.5) is 0 Å². The average molecular weight is 347 g/mol.